The number of halogens is 1. The molecule has 1 heterocycles. The molecular weight excluding hydrogens is 244 g/mol. The lowest BCUT2D eigenvalue weighted by Crippen LogP contribution is -2.06. The van der Waals surface area contributed by atoms with E-state index in [0.29, 0.717) is 4.60 Å². The molecule has 0 bridgehead atoms. The summed E-state index contributed by atoms with van der Waals surface area (Å²) in [5, 5.41) is 0.0133. The van der Waals surface area contributed by atoms with Crippen LogP contribution in [-0.2, 0) is 9.84 Å². The Morgan fingerprint density at radius 1 is 1.50 bits per heavy atom. The number of nitrogens with zero attached hydrogens (tertiary/aromatic N) is 2. The van der Waals surface area contributed by atoms with E-state index in [4.69, 9.17) is 0 Å². The van der Waals surface area contributed by atoms with E-state index < -0.39 is 9.84 Å². The van der Waals surface area contributed by atoms with Gasteiger partial charge in [0.15, 0.2) is 14.9 Å². The zero-order chi connectivity index (χ0) is 9.19. The summed E-state index contributed by atoms with van der Waals surface area (Å²) in [7, 11) is -3.22. The molecule has 1 rings (SSSR count). The van der Waals surface area contributed by atoms with E-state index in [2.05, 4.69) is 25.9 Å². The molecule has 0 saturated heterocycles. The Kier molecular flexibility index (Phi) is 2.79. The van der Waals surface area contributed by atoms with Crippen LogP contribution in [0.2, 0.25) is 0 Å². The first-order valence-corrected chi connectivity index (χ1v) is 5.71. The molecule has 0 radical (unpaired) electrons. The van der Waals surface area contributed by atoms with Crippen molar-refractivity contribution in [2.45, 2.75) is 11.9 Å². The molecule has 4 nitrogen and oxygen atoms in total. The van der Waals surface area contributed by atoms with Crippen LogP contribution in [0.15, 0.2) is 22.0 Å². The van der Waals surface area contributed by atoms with Crippen LogP contribution in [0.5, 0.6) is 0 Å². The molecule has 6 heteroatoms. The molecule has 0 aromatic carbocycles. The summed E-state index contributed by atoms with van der Waals surface area (Å²) in [6.45, 7) is 1.57. The van der Waals surface area contributed by atoms with E-state index >= 15 is 0 Å². The van der Waals surface area contributed by atoms with Gasteiger partial charge in [0.05, 0.1) is 18.1 Å². The molecule has 0 aliphatic heterocycles. The molecule has 1 aromatic heterocycles. The van der Waals surface area contributed by atoms with E-state index in [9.17, 15) is 8.42 Å². The highest BCUT2D eigenvalue weighted by Crippen LogP contribution is 2.09. The Morgan fingerprint density at radius 3 is 2.67 bits per heavy atom. The number of hydrogen-bond acceptors (Lipinski definition) is 4. The summed E-state index contributed by atoms with van der Waals surface area (Å²) in [5.41, 5.74) is 0. The van der Waals surface area contributed by atoms with Crippen LogP contribution in [0.1, 0.15) is 6.92 Å². The minimum absolute atomic E-state index is 0.0133. The molecule has 12 heavy (non-hydrogen) atoms. The molecular formula is C6H7BrN2O2S. The first-order chi connectivity index (χ1) is 5.56. The smallest absolute Gasteiger partial charge is 0.196 e. The maximum atomic E-state index is 11.2. The number of sulfone groups is 1. The van der Waals surface area contributed by atoms with Crippen molar-refractivity contribution in [2.24, 2.45) is 0 Å². The van der Waals surface area contributed by atoms with E-state index in [1.165, 1.54) is 12.4 Å². The minimum Gasteiger partial charge on any atom is -0.259 e. The van der Waals surface area contributed by atoms with Gasteiger partial charge < -0.3 is 0 Å². The molecule has 0 spiro atoms. The van der Waals surface area contributed by atoms with Gasteiger partial charge in [0.25, 0.3) is 0 Å². The summed E-state index contributed by atoms with van der Waals surface area (Å²) in [4.78, 5) is 7.49. The first-order valence-electron chi connectivity index (χ1n) is 3.26. The van der Waals surface area contributed by atoms with Gasteiger partial charge >= 0.3 is 0 Å². The summed E-state index contributed by atoms with van der Waals surface area (Å²) in [6, 6.07) is 0. The van der Waals surface area contributed by atoms with Crippen molar-refractivity contribution in [1.29, 1.82) is 0 Å². The van der Waals surface area contributed by atoms with Crippen molar-refractivity contribution in [2.75, 3.05) is 5.75 Å². The predicted molar refractivity (Wildman–Crippen MR) is 47.5 cm³/mol. The van der Waals surface area contributed by atoms with Crippen LogP contribution in [0.25, 0.3) is 0 Å². The Balaban J connectivity index is 3.21. The Labute approximate surface area is 79.1 Å². The van der Waals surface area contributed by atoms with Crippen molar-refractivity contribution in [3.8, 4) is 0 Å². The average molecular weight is 251 g/mol. The molecule has 0 N–H and O–H groups in total. The predicted octanol–water partition coefficient (Wildman–Crippen LogP) is 1.03. The van der Waals surface area contributed by atoms with Crippen LogP contribution in [-0.4, -0.2) is 24.1 Å². The van der Waals surface area contributed by atoms with Crippen LogP contribution < -0.4 is 0 Å². The third-order valence-electron chi connectivity index (χ3n) is 1.28. The molecule has 0 aliphatic carbocycles. The average Bonchev–Trinajstić information content (AvgIpc) is 2.05. The van der Waals surface area contributed by atoms with Gasteiger partial charge in [0, 0.05) is 0 Å². The van der Waals surface area contributed by atoms with E-state index in [1.54, 1.807) is 6.92 Å². The van der Waals surface area contributed by atoms with Crippen LogP contribution in [0.4, 0.5) is 0 Å². The number of aromatic nitrogens is 2. The highest BCUT2D eigenvalue weighted by Gasteiger charge is 2.13. The van der Waals surface area contributed by atoms with E-state index in [1.807, 2.05) is 0 Å². The van der Waals surface area contributed by atoms with Gasteiger partial charge in [-0.1, -0.05) is 6.92 Å². The molecule has 0 unspecified atom stereocenters. The lowest BCUT2D eigenvalue weighted by Gasteiger charge is -1.98. The number of hydrogen-bond donors (Lipinski definition) is 0. The Morgan fingerprint density at radius 2 is 2.17 bits per heavy atom. The zero-order valence-corrected chi connectivity index (χ0v) is 8.76. The Bertz CT molecular complexity index is 377. The third kappa shape index (κ3) is 2.01. The van der Waals surface area contributed by atoms with Crippen LogP contribution in [0.3, 0.4) is 0 Å². The third-order valence-corrected chi connectivity index (χ3v) is 3.26. The molecule has 0 atom stereocenters. The monoisotopic (exact) mass is 250 g/mol. The lowest BCUT2D eigenvalue weighted by atomic mass is 10.8. The Hall–Kier alpha value is -0.490. The second-order valence-corrected chi connectivity index (χ2v) is 5.12. The molecule has 66 valence electrons. The van der Waals surface area contributed by atoms with Gasteiger partial charge in [-0.3, -0.25) is 4.98 Å². The lowest BCUT2D eigenvalue weighted by molar-refractivity contribution is 0.592. The molecule has 0 aliphatic rings. The summed E-state index contributed by atoms with van der Waals surface area (Å²) < 4.78 is 22.9. The van der Waals surface area contributed by atoms with Gasteiger partial charge in [-0.15, -0.1) is 0 Å². The van der Waals surface area contributed by atoms with Gasteiger partial charge in [-0.25, -0.2) is 13.4 Å². The maximum Gasteiger partial charge on any atom is 0.196 e. The fourth-order valence-electron chi connectivity index (χ4n) is 0.623. The largest absolute Gasteiger partial charge is 0.259 e. The molecule has 0 fully saturated rings. The van der Waals surface area contributed by atoms with Crippen molar-refractivity contribution in [1.82, 2.24) is 9.97 Å². The summed E-state index contributed by atoms with van der Waals surface area (Å²) in [5.74, 6) is 0.0398. The van der Waals surface area contributed by atoms with Crippen molar-refractivity contribution in [3.63, 3.8) is 0 Å². The molecule has 0 amide bonds. The van der Waals surface area contributed by atoms with Gasteiger partial charge in [0.2, 0.25) is 0 Å². The minimum atomic E-state index is -3.22. The first kappa shape index (κ1) is 9.60. The topological polar surface area (TPSA) is 59.9 Å². The highest BCUT2D eigenvalue weighted by molar-refractivity contribution is 9.10. The maximum absolute atomic E-state index is 11.2. The van der Waals surface area contributed by atoms with Crippen molar-refractivity contribution < 1.29 is 8.42 Å². The fourth-order valence-corrected chi connectivity index (χ4v) is 1.80. The summed E-state index contributed by atoms with van der Waals surface area (Å²) in [6.07, 6.45) is 2.68. The van der Waals surface area contributed by atoms with Gasteiger partial charge in [0.1, 0.15) is 4.60 Å². The van der Waals surface area contributed by atoms with Crippen molar-refractivity contribution in [3.05, 3.63) is 17.0 Å². The fraction of sp³-hybridized carbons (Fsp3) is 0.333. The van der Waals surface area contributed by atoms with E-state index in [0.717, 1.165) is 0 Å². The quantitative estimate of drug-likeness (QED) is 0.787. The van der Waals surface area contributed by atoms with Crippen LogP contribution >= 0.6 is 15.9 Å². The summed E-state index contributed by atoms with van der Waals surface area (Å²) >= 11 is 3.05. The van der Waals surface area contributed by atoms with Crippen molar-refractivity contribution >= 4 is 25.8 Å². The van der Waals surface area contributed by atoms with Gasteiger partial charge in [-0.05, 0) is 15.9 Å². The van der Waals surface area contributed by atoms with Crippen LogP contribution in [0, 0.1) is 0 Å². The standard InChI is InChI=1S/C6H7BrN2O2S/c1-2-12(10,11)6-4-8-3-5(7)9-6/h3-4H,2H2,1H3. The zero-order valence-electron chi connectivity index (χ0n) is 6.36. The second-order valence-electron chi connectivity index (χ2n) is 2.08. The normalized spacial score (nSPS) is 11.5. The second kappa shape index (κ2) is 3.49. The molecule has 1 aromatic rings. The number of rotatable bonds is 2. The van der Waals surface area contributed by atoms with E-state index in [-0.39, 0.29) is 10.8 Å². The van der Waals surface area contributed by atoms with Gasteiger partial charge in [-0.2, -0.15) is 0 Å². The molecule has 0 saturated carbocycles. The highest BCUT2D eigenvalue weighted by atomic mass is 79.9. The SMILES string of the molecule is CCS(=O)(=O)c1cncc(Br)n1.